The van der Waals surface area contributed by atoms with Crippen LogP contribution in [0.5, 0.6) is 11.5 Å². The number of nitrogens with one attached hydrogen (secondary N) is 1. The number of rotatable bonds is 6. The van der Waals surface area contributed by atoms with Crippen molar-refractivity contribution in [2.75, 3.05) is 26.6 Å². The summed E-state index contributed by atoms with van der Waals surface area (Å²) in [4.78, 5) is 24.6. The molecular formula is C20H20N2O5. The van der Waals surface area contributed by atoms with Gasteiger partial charge in [-0.3, -0.25) is 4.79 Å². The molecule has 0 unspecified atom stereocenters. The van der Waals surface area contributed by atoms with Crippen molar-refractivity contribution < 1.29 is 23.8 Å². The van der Waals surface area contributed by atoms with Gasteiger partial charge in [0.05, 0.1) is 32.6 Å². The fourth-order valence-corrected chi connectivity index (χ4v) is 2.90. The number of nitrogens with zero attached hydrogens (tertiary/aromatic N) is 1. The van der Waals surface area contributed by atoms with E-state index in [0.717, 1.165) is 10.9 Å². The number of anilines is 1. The summed E-state index contributed by atoms with van der Waals surface area (Å²) < 4.78 is 17.0. The maximum Gasteiger partial charge on any atom is 0.340 e. The molecule has 0 spiro atoms. The summed E-state index contributed by atoms with van der Waals surface area (Å²) in [5.41, 5.74) is 1.73. The van der Waals surface area contributed by atoms with Crippen LogP contribution in [0.4, 0.5) is 5.69 Å². The molecule has 1 amide bonds. The summed E-state index contributed by atoms with van der Waals surface area (Å²) in [6.07, 6.45) is 1.63. The highest BCUT2D eigenvalue weighted by atomic mass is 16.5. The Balaban J connectivity index is 1.86. The Hall–Kier alpha value is -3.48. The van der Waals surface area contributed by atoms with Crippen LogP contribution < -0.4 is 14.8 Å². The smallest absolute Gasteiger partial charge is 0.340 e. The molecule has 0 saturated carbocycles. The van der Waals surface area contributed by atoms with E-state index < -0.39 is 5.97 Å². The fourth-order valence-electron chi connectivity index (χ4n) is 2.90. The minimum Gasteiger partial charge on any atom is -0.497 e. The predicted molar refractivity (Wildman–Crippen MR) is 101 cm³/mol. The Morgan fingerprint density at radius 3 is 2.52 bits per heavy atom. The molecule has 1 N–H and O–H groups in total. The first-order chi connectivity index (χ1) is 13.1. The summed E-state index contributed by atoms with van der Waals surface area (Å²) in [5, 5.41) is 3.56. The van der Waals surface area contributed by atoms with E-state index in [0.29, 0.717) is 22.7 Å². The summed E-state index contributed by atoms with van der Waals surface area (Å²) in [6, 6.07) is 12.5. The standard InChI is InChI=1S/C20H20N2O5/c1-25-13-8-9-16(18(10-13)26-2)21-19(23)12-22-11-15(20(24)27-3)14-6-4-5-7-17(14)22/h4-11H,12H2,1-3H3,(H,21,23). The first-order valence-corrected chi connectivity index (χ1v) is 8.25. The number of hydrogen-bond donors (Lipinski definition) is 1. The maximum absolute atomic E-state index is 12.6. The monoisotopic (exact) mass is 368 g/mol. The average Bonchev–Trinajstić information content (AvgIpc) is 3.06. The summed E-state index contributed by atoms with van der Waals surface area (Å²) in [5.74, 6) is 0.428. The molecule has 27 heavy (non-hydrogen) atoms. The number of hydrogen-bond acceptors (Lipinski definition) is 5. The highest BCUT2D eigenvalue weighted by Crippen LogP contribution is 2.29. The molecule has 0 saturated heterocycles. The molecule has 3 rings (SSSR count). The molecule has 0 aliphatic heterocycles. The normalized spacial score (nSPS) is 10.5. The van der Waals surface area contributed by atoms with Gasteiger partial charge in [0, 0.05) is 23.2 Å². The van der Waals surface area contributed by atoms with Crippen molar-refractivity contribution in [2.24, 2.45) is 0 Å². The topological polar surface area (TPSA) is 78.8 Å². The molecule has 140 valence electrons. The van der Waals surface area contributed by atoms with E-state index in [1.807, 2.05) is 24.3 Å². The van der Waals surface area contributed by atoms with Crippen molar-refractivity contribution in [3.05, 3.63) is 54.2 Å². The van der Waals surface area contributed by atoms with Crippen LogP contribution in [0.25, 0.3) is 10.9 Å². The molecule has 0 aliphatic rings. The number of ether oxygens (including phenoxy) is 3. The number of benzene rings is 2. The van der Waals surface area contributed by atoms with Gasteiger partial charge in [0.2, 0.25) is 5.91 Å². The van der Waals surface area contributed by atoms with Gasteiger partial charge in [-0.25, -0.2) is 4.79 Å². The third kappa shape index (κ3) is 3.72. The molecule has 0 atom stereocenters. The number of para-hydroxylation sites is 1. The van der Waals surface area contributed by atoms with Crippen LogP contribution in [-0.4, -0.2) is 37.8 Å². The number of carbonyl (C=O) groups is 2. The Labute approximate surface area is 156 Å². The Kier molecular flexibility index (Phi) is 5.30. The van der Waals surface area contributed by atoms with Gasteiger partial charge in [-0.15, -0.1) is 0 Å². The van der Waals surface area contributed by atoms with E-state index in [4.69, 9.17) is 14.2 Å². The van der Waals surface area contributed by atoms with Crippen LogP contribution in [0.15, 0.2) is 48.7 Å². The number of carbonyl (C=O) groups excluding carboxylic acids is 2. The second kappa shape index (κ2) is 7.82. The molecule has 1 heterocycles. The van der Waals surface area contributed by atoms with Crippen molar-refractivity contribution in [3.8, 4) is 11.5 Å². The molecule has 0 fully saturated rings. The molecule has 0 bridgehead atoms. The highest BCUT2D eigenvalue weighted by Gasteiger charge is 2.17. The third-order valence-electron chi connectivity index (χ3n) is 4.19. The molecule has 7 nitrogen and oxygen atoms in total. The molecule has 0 aliphatic carbocycles. The van der Waals surface area contributed by atoms with Crippen LogP contribution in [0, 0.1) is 0 Å². The van der Waals surface area contributed by atoms with Gasteiger partial charge in [-0.05, 0) is 18.2 Å². The summed E-state index contributed by atoms with van der Waals surface area (Å²) >= 11 is 0. The zero-order chi connectivity index (χ0) is 19.4. The molecule has 2 aromatic carbocycles. The van der Waals surface area contributed by atoms with Crippen molar-refractivity contribution in [1.29, 1.82) is 0 Å². The first-order valence-electron chi connectivity index (χ1n) is 8.25. The number of methoxy groups -OCH3 is 3. The number of esters is 1. The predicted octanol–water partition coefficient (Wildman–Crippen LogP) is 3.08. The lowest BCUT2D eigenvalue weighted by Crippen LogP contribution is -2.18. The Morgan fingerprint density at radius 2 is 1.81 bits per heavy atom. The first kappa shape index (κ1) is 18.3. The lowest BCUT2D eigenvalue weighted by Gasteiger charge is -2.12. The molecule has 1 aromatic heterocycles. The van der Waals surface area contributed by atoms with E-state index in [9.17, 15) is 9.59 Å². The average molecular weight is 368 g/mol. The van der Waals surface area contributed by atoms with Gasteiger partial charge < -0.3 is 24.1 Å². The van der Waals surface area contributed by atoms with E-state index in [1.54, 1.807) is 36.1 Å². The number of amides is 1. The number of fused-ring (bicyclic) bond motifs is 1. The van der Waals surface area contributed by atoms with Gasteiger partial charge in [-0.1, -0.05) is 18.2 Å². The Morgan fingerprint density at radius 1 is 1.04 bits per heavy atom. The van der Waals surface area contributed by atoms with Crippen molar-refractivity contribution >= 4 is 28.5 Å². The zero-order valence-electron chi connectivity index (χ0n) is 15.3. The minimum atomic E-state index is -0.442. The van der Waals surface area contributed by atoms with Gasteiger partial charge in [0.15, 0.2) is 0 Å². The van der Waals surface area contributed by atoms with Crippen LogP contribution in [0.1, 0.15) is 10.4 Å². The van der Waals surface area contributed by atoms with Crippen LogP contribution in [-0.2, 0) is 16.1 Å². The Bertz CT molecular complexity index is 993. The third-order valence-corrected chi connectivity index (χ3v) is 4.19. The summed E-state index contributed by atoms with van der Waals surface area (Å²) in [7, 11) is 4.41. The van der Waals surface area contributed by atoms with Gasteiger partial charge in [0.25, 0.3) is 0 Å². The van der Waals surface area contributed by atoms with Gasteiger partial charge >= 0.3 is 5.97 Å². The highest BCUT2D eigenvalue weighted by molar-refractivity contribution is 6.05. The second-order valence-electron chi connectivity index (χ2n) is 5.79. The summed E-state index contributed by atoms with van der Waals surface area (Å²) in [6.45, 7) is 0.0344. The molecule has 3 aromatic rings. The van der Waals surface area contributed by atoms with E-state index in [-0.39, 0.29) is 12.5 Å². The van der Waals surface area contributed by atoms with Crippen LogP contribution >= 0.6 is 0 Å². The van der Waals surface area contributed by atoms with Gasteiger partial charge in [-0.2, -0.15) is 0 Å². The lowest BCUT2D eigenvalue weighted by molar-refractivity contribution is -0.116. The molecular weight excluding hydrogens is 348 g/mol. The van der Waals surface area contributed by atoms with Crippen LogP contribution in [0.2, 0.25) is 0 Å². The van der Waals surface area contributed by atoms with Crippen molar-refractivity contribution in [3.63, 3.8) is 0 Å². The van der Waals surface area contributed by atoms with E-state index in [2.05, 4.69) is 5.32 Å². The largest absolute Gasteiger partial charge is 0.497 e. The van der Waals surface area contributed by atoms with Crippen LogP contribution in [0.3, 0.4) is 0 Å². The fraction of sp³-hybridized carbons (Fsp3) is 0.200. The molecule has 0 radical (unpaired) electrons. The number of aromatic nitrogens is 1. The quantitative estimate of drug-likeness (QED) is 0.677. The minimum absolute atomic E-state index is 0.0344. The SMILES string of the molecule is COC(=O)c1cn(CC(=O)Nc2ccc(OC)cc2OC)c2ccccc12. The van der Waals surface area contributed by atoms with Crippen molar-refractivity contribution in [2.45, 2.75) is 6.54 Å². The van der Waals surface area contributed by atoms with Crippen molar-refractivity contribution in [1.82, 2.24) is 4.57 Å². The van der Waals surface area contributed by atoms with Gasteiger partial charge in [0.1, 0.15) is 18.0 Å². The lowest BCUT2D eigenvalue weighted by atomic mass is 10.2. The molecule has 7 heteroatoms. The van der Waals surface area contributed by atoms with E-state index >= 15 is 0 Å². The maximum atomic E-state index is 12.6. The second-order valence-corrected chi connectivity index (χ2v) is 5.79. The zero-order valence-corrected chi connectivity index (χ0v) is 15.3. The van der Waals surface area contributed by atoms with E-state index in [1.165, 1.54) is 14.2 Å².